The van der Waals surface area contributed by atoms with Crippen LogP contribution in [0.25, 0.3) is 0 Å². The molecule has 0 aromatic heterocycles. The summed E-state index contributed by atoms with van der Waals surface area (Å²) in [6.45, 7) is 6.77. The van der Waals surface area contributed by atoms with E-state index in [1.807, 2.05) is 51.1 Å². The average Bonchev–Trinajstić information content (AvgIpc) is 2.95. The second-order valence-electron chi connectivity index (χ2n) is 6.88. The number of nitrogens with two attached hydrogens (primary N) is 1. The molecule has 1 saturated heterocycles. The summed E-state index contributed by atoms with van der Waals surface area (Å²) in [5.41, 5.74) is 6.47. The molecule has 1 aliphatic carbocycles. The Morgan fingerprint density at radius 1 is 1.38 bits per heavy atom. The molecule has 3 rings (SSSR count). The number of carbonyl (C=O) groups excluding carboxylic acids is 1. The molecule has 4 heteroatoms. The van der Waals surface area contributed by atoms with E-state index in [0.29, 0.717) is 6.61 Å². The monoisotopic (exact) mass is 288 g/mol. The van der Waals surface area contributed by atoms with Crippen molar-refractivity contribution in [1.82, 2.24) is 5.32 Å². The van der Waals surface area contributed by atoms with Gasteiger partial charge < -0.3 is 15.8 Å². The third kappa shape index (κ3) is 1.93. The van der Waals surface area contributed by atoms with E-state index in [4.69, 9.17) is 10.5 Å². The van der Waals surface area contributed by atoms with E-state index in [-0.39, 0.29) is 29.4 Å². The summed E-state index contributed by atoms with van der Waals surface area (Å²) in [7, 11) is 0. The Labute approximate surface area is 126 Å². The molecule has 1 amide bonds. The van der Waals surface area contributed by atoms with Gasteiger partial charge >= 0.3 is 0 Å². The third-order valence-electron chi connectivity index (χ3n) is 5.48. The van der Waals surface area contributed by atoms with E-state index >= 15 is 0 Å². The van der Waals surface area contributed by atoms with Crippen molar-refractivity contribution in [3.63, 3.8) is 0 Å². The van der Waals surface area contributed by atoms with Crippen LogP contribution in [0.3, 0.4) is 0 Å². The lowest BCUT2D eigenvalue weighted by atomic mass is 9.48. The van der Waals surface area contributed by atoms with Crippen LogP contribution in [0, 0.1) is 11.3 Å². The quantitative estimate of drug-likeness (QED) is 0.894. The van der Waals surface area contributed by atoms with Crippen molar-refractivity contribution in [3.05, 3.63) is 35.9 Å². The summed E-state index contributed by atoms with van der Waals surface area (Å²) >= 11 is 0. The van der Waals surface area contributed by atoms with Crippen molar-refractivity contribution >= 4 is 5.91 Å². The van der Waals surface area contributed by atoms with Gasteiger partial charge in [-0.25, -0.2) is 0 Å². The maximum absolute atomic E-state index is 12.8. The van der Waals surface area contributed by atoms with E-state index in [2.05, 4.69) is 5.32 Å². The molecular weight excluding hydrogens is 264 g/mol. The predicted octanol–water partition coefficient (Wildman–Crippen LogP) is 2.01. The largest absolute Gasteiger partial charge is 0.377 e. The highest BCUT2D eigenvalue weighted by molar-refractivity contribution is 5.89. The minimum Gasteiger partial charge on any atom is -0.377 e. The molecule has 1 aromatic rings. The Morgan fingerprint density at radius 3 is 2.71 bits per heavy atom. The molecule has 1 aliphatic heterocycles. The average molecular weight is 288 g/mol. The summed E-state index contributed by atoms with van der Waals surface area (Å²) in [5.74, 6) is 0.0751. The molecule has 4 atom stereocenters. The third-order valence-corrected chi connectivity index (χ3v) is 5.48. The second kappa shape index (κ2) is 4.82. The lowest BCUT2D eigenvalue weighted by Gasteiger charge is -2.60. The SMILES string of the molecule is CC(NC(=O)C1(N)C2CCOC2C1(C)C)c1ccccc1. The van der Waals surface area contributed by atoms with Crippen LogP contribution in [0.15, 0.2) is 30.3 Å². The number of nitrogens with one attached hydrogen (secondary N) is 1. The van der Waals surface area contributed by atoms with E-state index in [9.17, 15) is 4.79 Å². The fraction of sp³-hybridized carbons (Fsp3) is 0.588. The molecule has 0 radical (unpaired) electrons. The molecule has 4 unspecified atom stereocenters. The Morgan fingerprint density at radius 2 is 2.05 bits per heavy atom. The molecule has 114 valence electrons. The van der Waals surface area contributed by atoms with Gasteiger partial charge in [0.25, 0.3) is 0 Å². The fourth-order valence-electron chi connectivity index (χ4n) is 3.99. The van der Waals surface area contributed by atoms with Crippen molar-refractivity contribution in [2.75, 3.05) is 6.61 Å². The molecule has 1 saturated carbocycles. The van der Waals surface area contributed by atoms with Gasteiger partial charge in [0.15, 0.2) is 0 Å². The van der Waals surface area contributed by atoms with Crippen LogP contribution < -0.4 is 11.1 Å². The number of hydrogen-bond donors (Lipinski definition) is 2. The highest BCUT2D eigenvalue weighted by atomic mass is 16.5. The van der Waals surface area contributed by atoms with Crippen LogP contribution in [-0.4, -0.2) is 24.2 Å². The van der Waals surface area contributed by atoms with Gasteiger partial charge in [0.1, 0.15) is 5.54 Å². The summed E-state index contributed by atoms with van der Waals surface area (Å²) in [6, 6.07) is 9.91. The molecule has 0 spiro atoms. The molecule has 4 nitrogen and oxygen atoms in total. The van der Waals surface area contributed by atoms with Gasteiger partial charge in [-0.2, -0.15) is 0 Å². The van der Waals surface area contributed by atoms with Gasteiger partial charge in [-0.05, 0) is 18.9 Å². The Balaban J connectivity index is 1.76. The van der Waals surface area contributed by atoms with Gasteiger partial charge in [0, 0.05) is 17.9 Å². The first-order valence-corrected chi connectivity index (χ1v) is 7.65. The van der Waals surface area contributed by atoms with E-state index in [1.54, 1.807) is 0 Å². The van der Waals surface area contributed by atoms with Gasteiger partial charge in [-0.3, -0.25) is 4.79 Å². The zero-order valence-corrected chi connectivity index (χ0v) is 12.9. The smallest absolute Gasteiger partial charge is 0.241 e. The first kappa shape index (κ1) is 14.5. The van der Waals surface area contributed by atoms with Crippen molar-refractivity contribution < 1.29 is 9.53 Å². The van der Waals surface area contributed by atoms with Gasteiger partial charge in [-0.15, -0.1) is 0 Å². The lowest BCUT2D eigenvalue weighted by Crippen LogP contribution is -2.80. The van der Waals surface area contributed by atoms with E-state index in [1.165, 1.54) is 0 Å². The molecular formula is C17H24N2O2. The van der Waals surface area contributed by atoms with Crippen LogP contribution in [-0.2, 0) is 9.53 Å². The maximum Gasteiger partial charge on any atom is 0.241 e. The number of benzene rings is 1. The molecule has 2 aliphatic rings. The zero-order chi connectivity index (χ0) is 15.3. The number of hydrogen-bond acceptors (Lipinski definition) is 3. The van der Waals surface area contributed by atoms with Crippen molar-refractivity contribution in [3.8, 4) is 0 Å². The fourth-order valence-corrected chi connectivity index (χ4v) is 3.99. The highest BCUT2D eigenvalue weighted by Crippen LogP contribution is 2.58. The number of ether oxygens (including phenoxy) is 1. The van der Waals surface area contributed by atoms with Crippen LogP contribution in [0.4, 0.5) is 0 Å². The summed E-state index contributed by atoms with van der Waals surface area (Å²) in [5, 5.41) is 3.09. The van der Waals surface area contributed by atoms with Crippen molar-refractivity contribution in [1.29, 1.82) is 0 Å². The second-order valence-corrected chi connectivity index (χ2v) is 6.88. The minimum absolute atomic E-state index is 0.0451. The number of carbonyl (C=O) groups is 1. The van der Waals surface area contributed by atoms with Crippen molar-refractivity contribution in [2.24, 2.45) is 17.1 Å². The van der Waals surface area contributed by atoms with Crippen LogP contribution in [0.2, 0.25) is 0 Å². The van der Waals surface area contributed by atoms with Gasteiger partial charge in [-0.1, -0.05) is 44.2 Å². The summed E-state index contributed by atoms with van der Waals surface area (Å²) in [6.07, 6.45) is 0.984. The number of rotatable bonds is 3. The Hall–Kier alpha value is -1.39. The summed E-state index contributed by atoms with van der Waals surface area (Å²) < 4.78 is 5.74. The topological polar surface area (TPSA) is 64.4 Å². The molecule has 0 bridgehead atoms. The number of amides is 1. The zero-order valence-electron chi connectivity index (χ0n) is 12.9. The normalized spacial score (nSPS) is 34.7. The molecule has 1 heterocycles. The number of fused-ring (bicyclic) bond motifs is 1. The molecule has 21 heavy (non-hydrogen) atoms. The summed E-state index contributed by atoms with van der Waals surface area (Å²) in [4.78, 5) is 12.8. The first-order valence-electron chi connectivity index (χ1n) is 7.65. The molecule has 3 N–H and O–H groups in total. The molecule has 1 aromatic carbocycles. The maximum atomic E-state index is 12.8. The Bertz CT molecular complexity index is 543. The van der Waals surface area contributed by atoms with E-state index < -0.39 is 5.54 Å². The predicted molar refractivity (Wildman–Crippen MR) is 81.5 cm³/mol. The standard InChI is InChI=1S/C17H24N2O2/c1-11(12-7-5-4-6-8-12)19-15(20)17(18)13-9-10-21-14(13)16(17,2)3/h4-8,11,13-14H,9-10,18H2,1-3H3,(H,19,20). The molecule has 2 fully saturated rings. The highest BCUT2D eigenvalue weighted by Gasteiger charge is 2.71. The van der Waals surface area contributed by atoms with E-state index in [0.717, 1.165) is 12.0 Å². The van der Waals surface area contributed by atoms with Crippen LogP contribution in [0.1, 0.15) is 38.8 Å². The van der Waals surface area contributed by atoms with Crippen LogP contribution >= 0.6 is 0 Å². The first-order chi connectivity index (χ1) is 9.89. The van der Waals surface area contributed by atoms with Gasteiger partial charge in [0.05, 0.1) is 12.1 Å². The van der Waals surface area contributed by atoms with Crippen LogP contribution in [0.5, 0.6) is 0 Å². The van der Waals surface area contributed by atoms with Gasteiger partial charge in [0.2, 0.25) is 5.91 Å². The minimum atomic E-state index is -0.836. The Kier molecular flexibility index (Phi) is 3.34. The van der Waals surface area contributed by atoms with Crippen molar-refractivity contribution in [2.45, 2.75) is 44.9 Å². The lowest BCUT2D eigenvalue weighted by molar-refractivity contribution is -0.175.